The zero-order valence-corrected chi connectivity index (χ0v) is 18.0. The monoisotopic (exact) mass is 426 g/mol. The summed E-state index contributed by atoms with van der Waals surface area (Å²) < 4.78 is 25.9. The topological polar surface area (TPSA) is 109 Å². The summed E-state index contributed by atoms with van der Waals surface area (Å²) in [5, 5.41) is 0.960. The molecule has 1 saturated heterocycles. The molecule has 0 radical (unpaired) electrons. The Labute approximate surface area is 176 Å². The van der Waals surface area contributed by atoms with E-state index < -0.39 is 15.9 Å². The average Bonchev–Trinajstić information content (AvgIpc) is 3.17. The zero-order valence-electron chi connectivity index (χ0n) is 17.2. The first-order chi connectivity index (χ1) is 14.3. The normalized spacial score (nSPS) is 16.2. The van der Waals surface area contributed by atoms with E-state index in [1.165, 1.54) is 0 Å². The number of carbonyl (C=O) groups is 1. The highest BCUT2D eigenvalue weighted by molar-refractivity contribution is 7.89. The number of aryl methyl sites for hydroxylation is 1. The fourth-order valence-electron chi connectivity index (χ4n) is 4.33. The maximum absolute atomic E-state index is 12.2. The number of aromatic nitrogens is 2. The van der Waals surface area contributed by atoms with Gasteiger partial charge in [0.25, 0.3) is 5.91 Å². The Morgan fingerprint density at radius 3 is 2.67 bits per heavy atom. The van der Waals surface area contributed by atoms with Crippen LogP contribution in [0.5, 0.6) is 0 Å². The lowest BCUT2D eigenvalue weighted by Gasteiger charge is -2.31. The number of nitrogens with one attached hydrogen (secondary N) is 1. The maximum atomic E-state index is 12.2. The van der Waals surface area contributed by atoms with Gasteiger partial charge >= 0.3 is 0 Å². The Morgan fingerprint density at radius 1 is 1.30 bits per heavy atom. The molecule has 3 aromatic rings. The Bertz CT molecular complexity index is 1210. The standard InChI is InChI=1S/C22H26N4O3S/c1-3-30(28,29)26-8-5-15(6-9-26)20-13-25-21-17(20)10-16(11-18(21)22(23)27)19-12-24-7-4-14(19)2/h4,7,10-13,15,25H,3,5-6,8-9H2,1-2H3,(H2,23,27). The van der Waals surface area contributed by atoms with Crippen molar-refractivity contribution in [1.82, 2.24) is 14.3 Å². The van der Waals surface area contributed by atoms with Crippen LogP contribution in [0.1, 0.15) is 47.2 Å². The Balaban J connectivity index is 1.76. The van der Waals surface area contributed by atoms with E-state index in [0.717, 1.165) is 46.0 Å². The van der Waals surface area contributed by atoms with E-state index in [2.05, 4.69) is 16.0 Å². The first kappa shape index (κ1) is 20.6. The summed E-state index contributed by atoms with van der Waals surface area (Å²) in [7, 11) is -3.16. The van der Waals surface area contributed by atoms with Crippen molar-refractivity contribution in [2.45, 2.75) is 32.6 Å². The smallest absolute Gasteiger partial charge is 0.250 e. The van der Waals surface area contributed by atoms with Crippen LogP contribution in [-0.4, -0.2) is 47.4 Å². The van der Waals surface area contributed by atoms with Crippen molar-refractivity contribution >= 4 is 26.8 Å². The van der Waals surface area contributed by atoms with Crippen LogP contribution >= 0.6 is 0 Å². The number of hydrogen-bond acceptors (Lipinski definition) is 4. The Morgan fingerprint density at radius 2 is 2.03 bits per heavy atom. The number of hydrogen-bond donors (Lipinski definition) is 2. The number of H-pyrrole nitrogens is 1. The van der Waals surface area contributed by atoms with Gasteiger partial charge in [-0.3, -0.25) is 9.78 Å². The predicted octanol–water partition coefficient (Wildman–Crippen LogP) is 3.17. The van der Waals surface area contributed by atoms with Crippen LogP contribution < -0.4 is 5.73 Å². The molecule has 158 valence electrons. The summed E-state index contributed by atoms with van der Waals surface area (Å²) in [5.74, 6) is -0.144. The minimum absolute atomic E-state index is 0.126. The molecule has 7 nitrogen and oxygen atoms in total. The van der Waals surface area contributed by atoms with Gasteiger partial charge < -0.3 is 10.7 Å². The van der Waals surface area contributed by atoms with E-state index in [9.17, 15) is 13.2 Å². The quantitative estimate of drug-likeness (QED) is 0.653. The minimum Gasteiger partial charge on any atom is -0.366 e. The summed E-state index contributed by atoms with van der Waals surface area (Å²) >= 11 is 0. The highest BCUT2D eigenvalue weighted by atomic mass is 32.2. The zero-order chi connectivity index (χ0) is 21.5. The number of rotatable bonds is 5. The highest BCUT2D eigenvalue weighted by Gasteiger charge is 2.29. The van der Waals surface area contributed by atoms with E-state index in [-0.39, 0.29) is 11.7 Å². The average molecular weight is 427 g/mol. The van der Waals surface area contributed by atoms with Crippen molar-refractivity contribution in [1.29, 1.82) is 0 Å². The van der Waals surface area contributed by atoms with Gasteiger partial charge in [-0.05, 0) is 67.5 Å². The molecule has 3 N–H and O–H groups in total. The number of pyridine rings is 1. The molecule has 0 unspecified atom stereocenters. The lowest BCUT2D eigenvalue weighted by molar-refractivity contribution is 0.100. The fourth-order valence-corrected chi connectivity index (χ4v) is 5.47. The molecule has 1 aromatic carbocycles. The molecule has 1 aliphatic heterocycles. The molecule has 0 spiro atoms. The molecule has 0 bridgehead atoms. The van der Waals surface area contributed by atoms with Gasteiger partial charge in [-0.25, -0.2) is 12.7 Å². The van der Waals surface area contributed by atoms with Crippen LogP contribution in [0.15, 0.2) is 36.8 Å². The first-order valence-electron chi connectivity index (χ1n) is 10.2. The van der Waals surface area contributed by atoms with Crippen molar-refractivity contribution in [3.05, 3.63) is 53.5 Å². The predicted molar refractivity (Wildman–Crippen MR) is 118 cm³/mol. The van der Waals surface area contributed by atoms with Gasteiger partial charge in [0.2, 0.25) is 10.0 Å². The van der Waals surface area contributed by atoms with E-state index in [1.807, 2.05) is 25.3 Å². The number of nitrogens with zero attached hydrogens (tertiary/aromatic N) is 2. The molecule has 2 aromatic heterocycles. The Kier molecular flexibility index (Phi) is 5.38. The maximum Gasteiger partial charge on any atom is 0.250 e. The molecule has 0 aliphatic carbocycles. The second-order valence-corrected chi connectivity index (χ2v) is 10.1. The molecular formula is C22H26N4O3S. The van der Waals surface area contributed by atoms with Crippen molar-refractivity contribution in [2.24, 2.45) is 5.73 Å². The lowest BCUT2D eigenvalue weighted by atomic mass is 9.88. The second-order valence-electron chi connectivity index (χ2n) is 7.82. The van der Waals surface area contributed by atoms with Crippen LogP contribution in [0, 0.1) is 6.92 Å². The molecule has 1 aliphatic rings. The van der Waals surface area contributed by atoms with Gasteiger partial charge in [-0.2, -0.15) is 0 Å². The van der Waals surface area contributed by atoms with E-state index >= 15 is 0 Å². The molecule has 30 heavy (non-hydrogen) atoms. The lowest BCUT2D eigenvalue weighted by Crippen LogP contribution is -2.38. The van der Waals surface area contributed by atoms with Gasteiger partial charge in [-0.15, -0.1) is 0 Å². The second kappa shape index (κ2) is 7.85. The number of primary amides is 1. The molecule has 0 saturated carbocycles. The minimum atomic E-state index is -3.16. The number of fused-ring (bicyclic) bond motifs is 1. The van der Waals surface area contributed by atoms with Crippen LogP contribution in [-0.2, 0) is 10.0 Å². The third kappa shape index (κ3) is 3.61. The first-order valence-corrected chi connectivity index (χ1v) is 11.8. The summed E-state index contributed by atoms with van der Waals surface area (Å²) in [5.41, 5.74) is 10.9. The summed E-state index contributed by atoms with van der Waals surface area (Å²) in [4.78, 5) is 19.6. The van der Waals surface area contributed by atoms with Crippen molar-refractivity contribution in [2.75, 3.05) is 18.8 Å². The molecule has 8 heteroatoms. The molecule has 1 amide bonds. The van der Waals surface area contributed by atoms with Crippen molar-refractivity contribution < 1.29 is 13.2 Å². The van der Waals surface area contributed by atoms with Gasteiger partial charge in [0.15, 0.2) is 0 Å². The van der Waals surface area contributed by atoms with Crippen LogP contribution in [0.2, 0.25) is 0 Å². The number of amides is 1. The third-order valence-electron chi connectivity index (χ3n) is 6.09. The van der Waals surface area contributed by atoms with Crippen LogP contribution in [0.3, 0.4) is 0 Å². The van der Waals surface area contributed by atoms with Crippen LogP contribution in [0.4, 0.5) is 0 Å². The van der Waals surface area contributed by atoms with E-state index in [1.54, 1.807) is 23.6 Å². The van der Waals surface area contributed by atoms with E-state index in [0.29, 0.717) is 18.7 Å². The van der Waals surface area contributed by atoms with Crippen molar-refractivity contribution in [3.8, 4) is 11.1 Å². The SMILES string of the molecule is CCS(=O)(=O)N1CCC(c2c[nH]c3c(C(N)=O)cc(-c4cnccc4C)cc23)CC1. The van der Waals surface area contributed by atoms with Gasteiger partial charge in [-0.1, -0.05) is 0 Å². The largest absolute Gasteiger partial charge is 0.366 e. The summed E-state index contributed by atoms with van der Waals surface area (Å²) in [6.45, 7) is 4.71. The summed E-state index contributed by atoms with van der Waals surface area (Å²) in [6.07, 6.45) is 6.96. The molecule has 1 fully saturated rings. The number of benzene rings is 1. The Hall–Kier alpha value is -2.71. The van der Waals surface area contributed by atoms with Crippen molar-refractivity contribution in [3.63, 3.8) is 0 Å². The summed E-state index contributed by atoms with van der Waals surface area (Å²) in [6, 6.07) is 5.82. The molecule has 4 rings (SSSR count). The van der Waals surface area contributed by atoms with Gasteiger partial charge in [0, 0.05) is 42.6 Å². The third-order valence-corrected chi connectivity index (χ3v) is 7.97. The fraction of sp³-hybridized carbons (Fsp3) is 0.364. The number of piperidine rings is 1. The highest BCUT2D eigenvalue weighted by Crippen LogP contribution is 2.37. The van der Waals surface area contributed by atoms with Gasteiger partial charge in [0.1, 0.15) is 0 Å². The number of nitrogens with two attached hydrogens (primary N) is 1. The number of aromatic amines is 1. The van der Waals surface area contributed by atoms with Gasteiger partial charge in [0.05, 0.1) is 16.8 Å². The molecule has 0 atom stereocenters. The number of carbonyl (C=O) groups excluding carboxylic acids is 1. The van der Waals surface area contributed by atoms with Crippen LogP contribution in [0.25, 0.3) is 22.0 Å². The molecular weight excluding hydrogens is 400 g/mol. The molecule has 3 heterocycles. The number of sulfonamides is 1. The van der Waals surface area contributed by atoms with E-state index in [4.69, 9.17) is 5.73 Å².